The molecule has 0 amide bonds. The first-order valence-corrected chi connectivity index (χ1v) is 6.07. The summed E-state index contributed by atoms with van der Waals surface area (Å²) < 4.78 is 0. The predicted molar refractivity (Wildman–Crippen MR) is 60.6 cm³/mol. The van der Waals surface area contributed by atoms with Crippen LogP contribution in [0.3, 0.4) is 0 Å². The highest BCUT2D eigenvalue weighted by Crippen LogP contribution is 2.28. The minimum Gasteiger partial charge on any atom is -0.481 e. The number of aliphatic carboxylic acids is 1. The molecule has 1 saturated carbocycles. The van der Waals surface area contributed by atoms with Gasteiger partial charge in [-0.2, -0.15) is 0 Å². The van der Waals surface area contributed by atoms with Crippen LogP contribution in [0, 0.1) is 11.8 Å². The minimum absolute atomic E-state index is 0.208. The molecule has 0 bridgehead atoms. The van der Waals surface area contributed by atoms with Gasteiger partial charge in [0.05, 0.1) is 0 Å². The van der Waals surface area contributed by atoms with Gasteiger partial charge in [-0.3, -0.25) is 4.79 Å². The van der Waals surface area contributed by atoms with E-state index < -0.39 is 5.97 Å². The molecule has 2 atom stereocenters. The van der Waals surface area contributed by atoms with Crippen molar-refractivity contribution in [2.75, 3.05) is 0 Å². The van der Waals surface area contributed by atoms with E-state index in [1.807, 2.05) is 6.92 Å². The average molecular weight is 213 g/mol. The van der Waals surface area contributed by atoms with Crippen molar-refractivity contribution in [3.05, 3.63) is 0 Å². The Morgan fingerprint density at radius 1 is 1.40 bits per heavy atom. The Balaban J connectivity index is 2.26. The zero-order chi connectivity index (χ0) is 11.3. The van der Waals surface area contributed by atoms with E-state index in [4.69, 9.17) is 10.8 Å². The third-order valence-electron chi connectivity index (χ3n) is 3.45. The van der Waals surface area contributed by atoms with Crippen LogP contribution >= 0.6 is 0 Å². The van der Waals surface area contributed by atoms with Gasteiger partial charge in [0.1, 0.15) is 0 Å². The Bertz CT molecular complexity index is 200. The van der Waals surface area contributed by atoms with Crippen LogP contribution in [0.4, 0.5) is 0 Å². The van der Waals surface area contributed by atoms with Crippen LogP contribution in [-0.4, -0.2) is 17.1 Å². The lowest BCUT2D eigenvalue weighted by Gasteiger charge is -2.28. The maximum Gasteiger partial charge on any atom is 0.303 e. The van der Waals surface area contributed by atoms with Crippen molar-refractivity contribution in [2.24, 2.45) is 17.6 Å². The summed E-state index contributed by atoms with van der Waals surface area (Å²) in [6, 6.07) is 0.208. The molecular formula is C12H23NO2. The summed E-state index contributed by atoms with van der Waals surface area (Å²) in [7, 11) is 0. The first-order chi connectivity index (χ1) is 7.09. The van der Waals surface area contributed by atoms with Crippen LogP contribution in [0.1, 0.15) is 51.9 Å². The molecule has 88 valence electrons. The van der Waals surface area contributed by atoms with Crippen LogP contribution in [0.2, 0.25) is 0 Å². The minimum atomic E-state index is -0.710. The predicted octanol–water partition coefficient (Wildman–Crippen LogP) is 2.39. The second kappa shape index (κ2) is 6.11. The van der Waals surface area contributed by atoms with Crippen LogP contribution in [0.5, 0.6) is 0 Å². The number of nitrogens with two attached hydrogens (primary N) is 1. The van der Waals surface area contributed by atoms with Crippen molar-refractivity contribution in [1.29, 1.82) is 0 Å². The van der Waals surface area contributed by atoms with Gasteiger partial charge in [0, 0.05) is 12.5 Å². The Hall–Kier alpha value is -0.570. The van der Waals surface area contributed by atoms with Crippen LogP contribution in [-0.2, 0) is 4.79 Å². The van der Waals surface area contributed by atoms with Gasteiger partial charge in [0.25, 0.3) is 0 Å². The zero-order valence-corrected chi connectivity index (χ0v) is 9.61. The van der Waals surface area contributed by atoms with Gasteiger partial charge in [0.2, 0.25) is 0 Å². The lowest BCUT2D eigenvalue weighted by atomic mass is 9.81. The molecule has 0 aromatic heterocycles. The average Bonchev–Trinajstić information content (AvgIpc) is 2.17. The Labute approximate surface area is 92.0 Å². The second-order valence-electron chi connectivity index (χ2n) is 5.00. The lowest BCUT2D eigenvalue weighted by Crippen LogP contribution is -2.33. The molecule has 0 spiro atoms. The van der Waals surface area contributed by atoms with E-state index in [-0.39, 0.29) is 18.4 Å². The Kier molecular flexibility index (Phi) is 5.09. The van der Waals surface area contributed by atoms with Gasteiger partial charge in [-0.25, -0.2) is 0 Å². The van der Waals surface area contributed by atoms with Gasteiger partial charge in [0.15, 0.2) is 0 Å². The molecule has 1 aliphatic rings. The van der Waals surface area contributed by atoms with Crippen molar-refractivity contribution in [2.45, 2.75) is 57.9 Å². The molecule has 1 rings (SSSR count). The SMILES string of the molecule is CC(CC(=O)O)CC(N)C1CCCCC1. The number of rotatable bonds is 5. The molecule has 0 aliphatic heterocycles. The fraction of sp³-hybridized carbons (Fsp3) is 0.917. The highest BCUT2D eigenvalue weighted by molar-refractivity contribution is 5.66. The third kappa shape index (κ3) is 4.65. The van der Waals surface area contributed by atoms with Gasteiger partial charge < -0.3 is 10.8 Å². The maximum absolute atomic E-state index is 10.5. The van der Waals surface area contributed by atoms with Crippen molar-refractivity contribution in [1.82, 2.24) is 0 Å². The van der Waals surface area contributed by atoms with E-state index in [0.717, 1.165) is 6.42 Å². The van der Waals surface area contributed by atoms with E-state index in [0.29, 0.717) is 5.92 Å². The molecule has 1 fully saturated rings. The monoisotopic (exact) mass is 213 g/mol. The van der Waals surface area contributed by atoms with Crippen LogP contribution in [0.15, 0.2) is 0 Å². The molecule has 15 heavy (non-hydrogen) atoms. The van der Waals surface area contributed by atoms with E-state index in [2.05, 4.69) is 0 Å². The molecule has 3 nitrogen and oxygen atoms in total. The summed E-state index contributed by atoms with van der Waals surface area (Å²) >= 11 is 0. The van der Waals surface area contributed by atoms with Crippen molar-refractivity contribution in [3.8, 4) is 0 Å². The van der Waals surface area contributed by atoms with Crippen LogP contribution < -0.4 is 5.73 Å². The highest BCUT2D eigenvalue weighted by atomic mass is 16.4. The summed E-state index contributed by atoms with van der Waals surface area (Å²) in [5, 5.41) is 8.67. The lowest BCUT2D eigenvalue weighted by molar-refractivity contribution is -0.138. The summed E-state index contributed by atoms with van der Waals surface area (Å²) in [4.78, 5) is 10.5. The van der Waals surface area contributed by atoms with E-state index >= 15 is 0 Å². The molecule has 3 N–H and O–H groups in total. The van der Waals surface area contributed by atoms with Gasteiger partial charge in [-0.15, -0.1) is 0 Å². The van der Waals surface area contributed by atoms with E-state index in [9.17, 15) is 4.79 Å². The first-order valence-electron chi connectivity index (χ1n) is 6.07. The molecule has 0 heterocycles. The second-order valence-corrected chi connectivity index (χ2v) is 5.00. The molecule has 0 saturated heterocycles. The van der Waals surface area contributed by atoms with E-state index in [1.165, 1.54) is 32.1 Å². The quantitative estimate of drug-likeness (QED) is 0.737. The topological polar surface area (TPSA) is 63.3 Å². The van der Waals surface area contributed by atoms with Crippen molar-refractivity contribution in [3.63, 3.8) is 0 Å². The Morgan fingerprint density at radius 3 is 2.53 bits per heavy atom. The van der Waals surface area contributed by atoms with Crippen LogP contribution in [0.25, 0.3) is 0 Å². The van der Waals surface area contributed by atoms with Gasteiger partial charge in [-0.05, 0) is 31.1 Å². The molecule has 0 radical (unpaired) electrons. The van der Waals surface area contributed by atoms with E-state index in [1.54, 1.807) is 0 Å². The maximum atomic E-state index is 10.5. The summed E-state index contributed by atoms with van der Waals surface area (Å²) in [5.74, 6) is 0.132. The summed E-state index contributed by atoms with van der Waals surface area (Å²) in [6.45, 7) is 1.98. The largest absolute Gasteiger partial charge is 0.481 e. The molecule has 2 unspecified atom stereocenters. The van der Waals surface area contributed by atoms with Gasteiger partial charge >= 0.3 is 5.97 Å². The number of hydrogen-bond donors (Lipinski definition) is 2. The number of hydrogen-bond acceptors (Lipinski definition) is 2. The van der Waals surface area contributed by atoms with Gasteiger partial charge in [-0.1, -0.05) is 26.2 Å². The standard InChI is InChI=1S/C12H23NO2/c1-9(8-12(14)15)7-11(13)10-5-3-2-4-6-10/h9-11H,2-8,13H2,1H3,(H,14,15). The fourth-order valence-corrected chi connectivity index (χ4v) is 2.60. The normalized spacial score (nSPS) is 22.3. The van der Waals surface area contributed by atoms with Crippen molar-refractivity contribution >= 4 is 5.97 Å². The number of carboxylic acids is 1. The summed E-state index contributed by atoms with van der Waals surface area (Å²) in [5.41, 5.74) is 6.13. The molecule has 0 aromatic rings. The first kappa shape index (κ1) is 12.5. The molecule has 1 aliphatic carbocycles. The summed E-state index contributed by atoms with van der Waals surface area (Å²) in [6.07, 6.45) is 7.52. The Morgan fingerprint density at radius 2 is 2.00 bits per heavy atom. The smallest absolute Gasteiger partial charge is 0.303 e. The fourth-order valence-electron chi connectivity index (χ4n) is 2.60. The third-order valence-corrected chi connectivity index (χ3v) is 3.45. The molecule has 0 aromatic carbocycles. The molecular weight excluding hydrogens is 190 g/mol. The zero-order valence-electron chi connectivity index (χ0n) is 9.61. The van der Waals surface area contributed by atoms with Crippen molar-refractivity contribution < 1.29 is 9.90 Å². The number of carbonyl (C=O) groups is 1. The number of carboxylic acid groups (broad SMARTS) is 1. The molecule has 3 heteroatoms. The highest BCUT2D eigenvalue weighted by Gasteiger charge is 2.22.